The molecule has 0 atom stereocenters. The highest BCUT2D eigenvalue weighted by atomic mass is 35.5. The third-order valence-electron chi connectivity index (χ3n) is 3.60. The molecule has 2 heteroatoms. The van der Waals surface area contributed by atoms with Crippen LogP contribution in [0.15, 0.2) is 10.6 Å². The van der Waals surface area contributed by atoms with E-state index < -0.39 is 0 Å². The first-order valence-corrected chi connectivity index (χ1v) is 5.52. The quantitative estimate of drug-likeness (QED) is 0.599. The van der Waals surface area contributed by atoms with Gasteiger partial charge in [-0.05, 0) is 43.1 Å². The Morgan fingerprint density at radius 3 is 2.25 bits per heavy atom. The Labute approximate surface area is 83.9 Å². The lowest BCUT2D eigenvalue weighted by Crippen LogP contribution is -2.16. The van der Waals surface area contributed by atoms with E-state index in [2.05, 4.69) is 6.08 Å². The largest absolute Gasteiger partial charge is 0.103 e. The normalized spacial score (nSPS) is 39.7. The van der Waals surface area contributed by atoms with Crippen molar-refractivity contribution in [3.8, 4) is 0 Å². The molecule has 0 heterocycles. The van der Waals surface area contributed by atoms with Crippen LogP contribution in [0.25, 0.3) is 0 Å². The van der Waals surface area contributed by atoms with Gasteiger partial charge in [0.15, 0.2) is 0 Å². The van der Waals surface area contributed by atoms with Crippen molar-refractivity contribution in [3.05, 3.63) is 10.6 Å². The molecule has 2 saturated carbocycles. The number of hydrogen-bond acceptors (Lipinski definition) is 0. The van der Waals surface area contributed by atoms with Crippen molar-refractivity contribution in [3.63, 3.8) is 0 Å². The third kappa shape index (κ3) is 1.40. The average Bonchev–Trinajstić information content (AvgIpc) is 2.42. The van der Waals surface area contributed by atoms with Gasteiger partial charge in [0, 0.05) is 0 Å². The van der Waals surface area contributed by atoms with Crippen molar-refractivity contribution in [2.75, 3.05) is 0 Å². The first-order valence-electron chi connectivity index (χ1n) is 4.77. The molecular formula is C10H14Cl2. The molecule has 12 heavy (non-hydrogen) atoms. The fraction of sp³-hybridized carbons (Fsp3) is 0.800. The summed E-state index contributed by atoms with van der Waals surface area (Å²) in [7, 11) is 0. The molecule has 0 N–H and O–H groups in total. The smallest absolute Gasteiger partial charge is 0.0712 e. The molecule has 0 saturated heterocycles. The van der Waals surface area contributed by atoms with Gasteiger partial charge in [-0.25, -0.2) is 0 Å². The Bertz CT molecular complexity index is 194. The lowest BCUT2D eigenvalue weighted by Gasteiger charge is -2.24. The molecular weight excluding hydrogens is 191 g/mol. The molecule has 0 aromatic carbocycles. The Morgan fingerprint density at radius 2 is 1.75 bits per heavy atom. The minimum Gasteiger partial charge on any atom is -0.0712 e. The van der Waals surface area contributed by atoms with Crippen molar-refractivity contribution >= 4 is 23.2 Å². The van der Waals surface area contributed by atoms with Gasteiger partial charge in [-0.1, -0.05) is 36.0 Å². The van der Waals surface area contributed by atoms with E-state index >= 15 is 0 Å². The molecule has 2 aliphatic rings. The first kappa shape index (κ1) is 8.90. The van der Waals surface area contributed by atoms with Crippen molar-refractivity contribution in [1.82, 2.24) is 0 Å². The van der Waals surface area contributed by atoms with E-state index in [0.29, 0.717) is 9.91 Å². The molecule has 2 fully saturated rings. The summed E-state index contributed by atoms with van der Waals surface area (Å²) in [4.78, 5) is 0. The standard InChI is InChI=1S/C10H14Cl2/c11-9(12)7-10-5-1-3-8(10)4-2-6-10/h7-8H,1-6H2. The second-order valence-corrected chi connectivity index (χ2v) is 5.16. The van der Waals surface area contributed by atoms with Crippen LogP contribution >= 0.6 is 23.2 Å². The van der Waals surface area contributed by atoms with Crippen LogP contribution in [0.1, 0.15) is 38.5 Å². The maximum absolute atomic E-state index is 5.75. The molecule has 0 aromatic heterocycles. The highest BCUT2D eigenvalue weighted by Crippen LogP contribution is 2.55. The molecule has 0 radical (unpaired) electrons. The first-order chi connectivity index (χ1) is 5.73. The van der Waals surface area contributed by atoms with Crippen LogP contribution in [0.2, 0.25) is 0 Å². The van der Waals surface area contributed by atoms with Gasteiger partial charge in [-0.15, -0.1) is 0 Å². The summed E-state index contributed by atoms with van der Waals surface area (Å²) in [5.41, 5.74) is 0.402. The summed E-state index contributed by atoms with van der Waals surface area (Å²) in [5, 5.41) is 0. The summed E-state index contributed by atoms with van der Waals surface area (Å²) in [6.45, 7) is 0. The van der Waals surface area contributed by atoms with Gasteiger partial charge in [0.25, 0.3) is 0 Å². The van der Waals surface area contributed by atoms with Gasteiger partial charge in [-0.3, -0.25) is 0 Å². The number of hydrogen-bond donors (Lipinski definition) is 0. The van der Waals surface area contributed by atoms with E-state index in [1.165, 1.54) is 38.5 Å². The van der Waals surface area contributed by atoms with E-state index in [1.54, 1.807) is 0 Å². The van der Waals surface area contributed by atoms with Crippen molar-refractivity contribution in [2.45, 2.75) is 38.5 Å². The zero-order valence-electron chi connectivity index (χ0n) is 7.15. The van der Waals surface area contributed by atoms with E-state index in [-0.39, 0.29) is 0 Å². The molecule has 0 aromatic rings. The summed E-state index contributed by atoms with van der Waals surface area (Å²) in [6.07, 6.45) is 10.2. The molecule has 2 aliphatic carbocycles. The SMILES string of the molecule is ClC(Cl)=CC12CCCC1CCC2. The molecule has 68 valence electrons. The molecule has 2 rings (SSSR count). The zero-order valence-corrected chi connectivity index (χ0v) is 8.67. The summed E-state index contributed by atoms with van der Waals surface area (Å²) >= 11 is 11.5. The van der Waals surface area contributed by atoms with Gasteiger partial charge in [0.2, 0.25) is 0 Å². The predicted octanol–water partition coefficient (Wildman–Crippen LogP) is 4.28. The summed E-state index contributed by atoms with van der Waals surface area (Å²) in [6, 6.07) is 0. The minimum absolute atomic E-state index is 0.402. The monoisotopic (exact) mass is 204 g/mol. The van der Waals surface area contributed by atoms with Crippen LogP contribution < -0.4 is 0 Å². The molecule has 0 amide bonds. The third-order valence-corrected chi connectivity index (χ3v) is 3.82. The maximum atomic E-state index is 5.75. The molecule has 0 unspecified atom stereocenters. The van der Waals surface area contributed by atoms with Crippen molar-refractivity contribution in [1.29, 1.82) is 0 Å². The van der Waals surface area contributed by atoms with Crippen LogP contribution in [-0.4, -0.2) is 0 Å². The van der Waals surface area contributed by atoms with Gasteiger partial charge in [0.05, 0.1) is 0 Å². The van der Waals surface area contributed by atoms with Gasteiger partial charge in [0.1, 0.15) is 4.49 Å². The molecule has 0 bridgehead atoms. The second kappa shape index (κ2) is 3.23. The lowest BCUT2D eigenvalue weighted by atomic mass is 9.81. The maximum Gasteiger partial charge on any atom is 0.103 e. The highest BCUT2D eigenvalue weighted by molar-refractivity contribution is 6.55. The van der Waals surface area contributed by atoms with E-state index in [4.69, 9.17) is 23.2 Å². The fourth-order valence-electron chi connectivity index (χ4n) is 3.09. The van der Waals surface area contributed by atoms with Crippen LogP contribution in [0.3, 0.4) is 0 Å². The van der Waals surface area contributed by atoms with Crippen LogP contribution in [0.4, 0.5) is 0 Å². The van der Waals surface area contributed by atoms with Gasteiger partial charge >= 0.3 is 0 Å². The fourth-order valence-corrected chi connectivity index (χ4v) is 3.52. The van der Waals surface area contributed by atoms with Crippen molar-refractivity contribution < 1.29 is 0 Å². The van der Waals surface area contributed by atoms with Crippen LogP contribution in [-0.2, 0) is 0 Å². The number of rotatable bonds is 1. The topological polar surface area (TPSA) is 0 Å². The van der Waals surface area contributed by atoms with Gasteiger partial charge < -0.3 is 0 Å². The van der Waals surface area contributed by atoms with Crippen molar-refractivity contribution in [2.24, 2.45) is 11.3 Å². The Morgan fingerprint density at radius 1 is 1.17 bits per heavy atom. The lowest BCUT2D eigenvalue weighted by molar-refractivity contribution is 0.328. The highest BCUT2D eigenvalue weighted by Gasteiger charge is 2.44. The molecule has 0 aliphatic heterocycles. The zero-order chi connectivity index (χ0) is 8.60. The minimum atomic E-state index is 0.402. The number of fused-ring (bicyclic) bond motifs is 1. The Balaban J connectivity index is 2.22. The Kier molecular flexibility index (Phi) is 2.39. The van der Waals surface area contributed by atoms with Gasteiger partial charge in [-0.2, -0.15) is 0 Å². The second-order valence-electron chi connectivity index (χ2n) is 4.15. The molecule has 0 spiro atoms. The summed E-state index contributed by atoms with van der Waals surface area (Å²) in [5.74, 6) is 0.880. The van der Waals surface area contributed by atoms with E-state index in [0.717, 1.165) is 5.92 Å². The van der Waals surface area contributed by atoms with Crippen LogP contribution in [0, 0.1) is 11.3 Å². The average molecular weight is 205 g/mol. The van der Waals surface area contributed by atoms with Crippen LogP contribution in [0.5, 0.6) is 0 Å². The van der Waals surface area contributed by atoms with E-state index in [9.17, 15) is 0 Å². The number of allylic oxidation sites excluding steroid dienone is 1. The molecule has 0 nitrogen and oxygen atoms in total. The number of halogens is 2. The Hall–Kier alpha value is 0.320. The van der Waals surface area contributed by atoms with E-state index in [1.807, 2.05) is 0 Å². The summed E-state index contributed by atoms with van der Waals surface area (Å²) < 4.78 is 0.476. The predicted molar refractivity (Wildman–Crippen MR) is 53.4 cm³/mol.